The van der Waals surface area contributed by atoms with Crippen LogP contribution in [0.25, 0.3) is 0 Å². The third-order valence-corrected chi connectivity index (χ3v) is 3.12. The lowest BCUT2D eigenvalue weighted by molar-refractivity contribution is 0.620. The summed E-state index contributed by atoms with van der Waals surface area (Å²) in [7, 11) is 0. The van der Waals surface area contributed by atoms with E-state index in [1.807, 2.05) is 0 Å². The van der Waals surface area contributed by atoms with Crippen molar-refractivity contribution in [1.82, 2.24) is 0 Å². The van der Waals surface area contributed by atoms with E-state index in [2.05, 4.69) is 11.4 Å². The highest BCUT2D eigenvalue weighted by molar-refractivity contribution is 5.50. The number of hydrogen-bond donors (Lipinski definition) is 1. The van der Waals surface area contributed by atoms with E-state index in [-0.39, 0.29) is 17.5 Å². The molecule has 0 radical (unpaired) electrons. The van der Waals surface area contributed by atoms with Crippen LogP contribution in [0.4, 0.5) is 10.1 Å². The molecule has 0 amide bonds. The molecule has 17 heavy (non-hydrogen) atoms. The van der Waals surface area contributed by atoms with Gasteiger partial charge in [0.2, 0.25) is 0 Å². The van der Waals surface area contributed by atoms with Gasteiger partial charge in [0, 0.05) is 11.7 Å². The predicted molar refractivity (Wildman–Crippen MR) is 61.5 cm³/mol. The minimum absolute atomic E-state index is 0.00517. The Bertz CT molecular complexity index is 498. The van der Waals surface area contributed by atoms with Crippen molar-refractivity contribution in [3.63, 3.8) is 0 Å². The van der Waals surface area contributed by atoms with Gasteiger partial charge in [-0.1, -0.05) is 0 Å². The van der Waals surface area contributed by atoms with Crippen LogP contribution in [0.3, 0.4) is 0 Å². The summed E-state index contributed by atoms with van der Waals surface area (Å²) in [6.07, 6.45) is 2.88. The Labute approximate surface area is 99.5 Å². The first-order valence-electron chi connectivity index (χ1n) is 5.60. The molecule has 1 aliphatic rings. The summed E-state index contributed by atoms with van der Waals surface area (Å²) >= 11 is 0. The molecule has 0 aromatic heterocycles. The summed E-state index contributed by atoms with van der Waals surface area (Å²) in [6, 6.07) is 8.55. The van der Waals surface area contributed by atoms with Gasteiger partial charge in [-0.25, -0.2) is 4.39 Å². The van der Waals surface area contributed by atoms with Crippen LogP contribution in [0.2, 0.25) is 0 Å². The zero-order valence-electron chi connectivity index (χ0n) is 9.28. The van der Waals surface area contributed by atoms with Crippen LogP contribution in [0.15, 0.2) is 18.2 Å². The minimum atomic E-state index is -0.513. The molecule has 2 atom stereocenters. The maximum atomic E-state index is 13.1. The molecule has 0 heterocycles. The molecule has 1 aliphatic carbocycles. The monoisotopic (exact) mass is 229 g/mol. The molecule has 0 bridgehead atoms. The number of halogens is 1. The second-order valence-electron chi connectivity index (χ2n) is 4.22. The van der Waals surface area contributed by atoms with Crippen LogP contribution in [0, 0.1) is 34.4 Å². The molecular weight excluding hydrogens is 217 g/mol. The molecule has 1 saturated carbocycles. The zero-order valence-corrected chi connectivity index (χ0v) is 9.28. The van der Waals surface area contributed by atoms with E-state index in [0.29, 0.717) is 5.69 Å². The zero-order chi connectivity index (χ0) is 12.3. The summed E-state index contributed by atoms with van der Waals surface area (Å²) in [5.41, 5.74) is 0.733. The number of hydrogen-bond acceptors (Lipinski definition) is 3. The van der Waals surface area contributed by atoms with Crippen molar-refractivity contribution < 1.29 is 4.39 Å². The molecule has 1 N–H and O–H groups in total. The molecule has 1 fully saturated rings. The van der Waals surface area contributed by atoms with Gasteiger partial charge in [-0.3, -0.25) is 0 Å². The minimum Gasteiger partial charge on any atom is -0.381 e. The number of rotatable bonds is 2. The van der Waals surface area contributed by atoms with E-state index < -0.39 is 5.82 Å². The molecule has 0 saturated heterocycles. The lowest BCUT2D eigenvalue weighted by Gasteiger charge is -2.17. The molecule has 3 nitrogen and oxygen atoms in total. The Balaban J connectivity index is 2.14. The molecule has 1 aromatic rings. The normalized spacial score (nSPS) is 22.8. The van der Waals surface area contributed by atoms with Gasteiger partial charge >= 0.3 is 0 Å². The first kappa shape index (κ1) is 11.4. The van der Waals surface area contributed by atoms with Crippen LogP contribution < -0.4 is 5.32 Å². The highest BCUT2D eigenvalue weighted by Crippen LogP contribution is 2.28. The Morgan fingerprint density at radius 3 is 2.82 bits per heavy atom. The molecular formula is C13H12FN3. The lowest BCUT2D eigenvalue weighted by Crippen LogP contribution is -2.22. The van der Waals surface area contributed by atoms with Gasteiger partial charge in [-0.2, -0.15) is 10.5 Å². The lowest BCUT2D eigenvalue weighted by atomic mass is 10.1. The van der Waals surface area contributed by atoms with Gasteiger partial charge in [0.1, 0.15) is 11.9 Å². The number of nitrogens with one attached hydrogen (secondary N) is 1. The summed E-state index contributed by atoms with van der Waals surface area (Å²) < 4.78 is 13.1. The molecule has 1 aromatic carbocycles. The maximum absolute atomic E-state index is 13.1. The van der Waals surface area contributed by atoms with E-state index >= 15 is 0 Å². The van der Waals surface area contributed by atoms with Gasteiger partial charge in [0.25, 0.3) is 0 Å². The van der Waals surface area contributed by atoms with Crippen molar-refractivity contribution >= 4 is 5.69 Å². The number of benzene rings is 1. The second-order valence-corrected chi connectivity index (χ2v) is 4.22. The van der Waals surface area contributed by atoms with E-state index in [1.54, 1.807) is 12.1 Å². The van der Waals surface area contributed by atoms with Crippen LogP contribution in [-0.4, -0.2) is 6.04 Å². The number of nitriles is 2. The summed E-state index contributed by atoms with van der Waals surface area (Å²) in [5, 5.41) is 20.9. The highest BCUT2D eigenvalue weighted by atomic mass is 19.1. The van der Waals surface area contributed by atoms with Crippen LogP contribution in [0.1, 0.15) is 24.8 Å². The predicted octanol–water partition coefficient (Wildman–Crippen LogP) is 2.80. The smallest absolute Gasteiger partial charge is 0.141 e. The van der Waals surface area contributed by atoms with E-state index in [0.717, 1.165) is 19.3 Å². The standard InChI is InChI=1S/C13H12FN3/c14-12-5-4-11(6-10(12)8-16)17-13-3-1-2-9(13)7-15/h4-6,9,13,17H,1-3H2. The molecule has 4 heteroatoms. The summed E-state index contributed by atoms with van der Waals surface area (Å²) in [5.74, 6) is -0.508. The third-order valence-electron chi connectivity index (χ3n) is 3.12. The fraction of sp³-hybridized carbons (Fsp3) is 0.385. The second kappa shape index (κ2) is 4.84. The first-order valence-corrected chi connectivity index (χ1v) is 5.60. The Morgan fingerprint density at radius 1 is 1.29 bits per heavy atom. The van der Waals surface area contributed by atoms with Crippen LogP contribution in [0.5, 0.6) is 0 Å². The van der Waals surface area contributed by atoms with Crippen molar-refractivity contribution in [2.24, 2.45) is 5.92 Å². The van der Waals surface area contributed by atoms with Crippen LogP contribution >= 0.6 is 0 Å². The molecule has 0 aliphatic heterocycles. The average Bonchev–Trinajstić information content (AvgIpc) is 2.79. The average molecular weight is 229 g/mol. The van der Waals surface area contributed by atoms with Crippen molar-refractivity contribution in [1.29, 1.82) is 10.5 Å². The van der Waals surface area contributed by atoms with Crippen molar-refractivity contribution in [3.8, 4) is 12.1 Å². The van der Waals surface area contributed by atoms with E-state index in [9.17, 15) is 4.39 Å². The van der Waals surface area contributed by atoms with Crippen molar-refractivity contribution in [2.45, 2.75) is 25.3 Å². The highest BCUT2D eigenvalue weighted by Gasteiger charge is 2.26. The van der Waals surface area contributed by atoms with E-state index in [1.165, 1.54) is 12.1 Å². The largest absolute Gasteiger partial charge is 0.381 e. The Hall–Kier alpha value is -2.07. The third kappa shape index (κ3) is 2.37. The van der Waals surface area contributed by atoms with Gasteiger partial charge in [0.15, 0.2) is 0 Å². The fourth-order valence-corrected chi connectivity index (χ4v) is 2.20. The first-order chi connectivity index (χ1) is 8.24. The van der Waals surface area contributed by atoms with Crippen molar-refractivity contribution in [3.05, 3.63) is 29.6 Å². The topological polar surface area (TPSA) is 59.6 Å². The van der Waals surface area contributed by atoms with Gasteiger partial charge in [0.05, 0.1) is 17.6 Å². The summed E-state index contributed by atoms with van der Waals surface area (Å²) in [6.45, 7) is 0. The quantitative estimate of drug-likeness (QED) is 0.848. The van der Waals surface area contributed by atoms with Crippen LogP contribution in [-0.2, 0) is 0 Å². The number of anilines is 1. The number of nitrogens with zero attached hydrogens (tertiary/aromatic N) is 2. The SMILES string of the molecule is N#Cc1cc(NC2CCCC2C#N)ccc1F. The molecule has 2 unspecified atom stereocenters. The Morgan fingerprint density at radius 2 is 2.12 bits per heavy atom. The Kier molecular flexibility index (Phi) is 3.25. The molecule has 0 spiro atoms. The van der Waals surface area contributed by atoms with E-state index in [4.69, 9.17) is 10.5 Å². The van der Waals surface area contributed by atoms with Gasteiger partial charge in [-0.05, 0) is 37.5 Å². The maximum Gasteiger partial charge on any atom is 0.141 e. The molecule has 2 rings (SSSR count). The van der Waals surface area contributed by atoms with Crippen molar-refractivity contribution in [2.75, 3.05) is 5.32 Å². The fourth-order valence-electron chi connectivity index (χ4n) is 2.20. The van der Waals surface area contributed by atoms with Gasteiger partial charge in [-0.15, -0.1) is 0 Å². The summed E-state index contributed by atoms with van der Waals surface area (Å²) in [4.78, 5) is 0. The molecule has 86 valence electrons. The van der Waals surface area contributed by atoms with Gasteiger partial charge < -0.3 is 5.32 Å².